The maximum absolute atomic E-state index is 15.2. The molecule has 91 heavy (non-hydrogen) atoms. The molecule has 1 rings (SSSR count). The molecule has 0 bridgehead atoms. The van der Waals surface area contributed by atoms with Crippen molar-refractivity contribution in [2.24, 2.45) is 35.5 Å². The minimum Gasteiger partial charge on any atom is -0.390 e. The van der Waals surface area contributed by atoms with Gasteiger partial charge in [-0.15, -0.1) is 0 Å². The molecule has 7 N–H and O–H groups in total. The van der Waals surface area contributed by atoms with Crippen molar-refractivity contribution in [3.05, 3.63) is 12.2 Å². The lowest BCUT2D eigenvalue weighted by Crippen LogP contribution is -2.63. The first-order valence-corrected chi connectivity index (χ1v) is 32.1. The molecule has 1 aliphatic rings. The van der Waals surface area contributed by atoms with Gasteiger partial charge in [-0.2, -0.15) is 0 Å². The van der Waals surface area contributed by atoms with Crippen LogP contribution in [0.4, 0.5) is 0 Å². The highest BCUT2D eigenvalue weighted by atomic mass is 16.5. The number of allylic oxidation sites excluding steroid dienone is 2. The van der Waals surface area contributed by atoms with Gasteiger partial charge in [-0.3, -0.25) is 62.7 Å². The number of carbonyl (C=O) groups is 12. The molecule has 0 saturated carbocycles. The molecule has 0 aliphatic carbocycles. The molecule has 0 aromatic carbocycles. The fraction of sp³-hybridized carbons (Fsp3) is 0.781. The minimum atomic E-state index is -1.66. The molecule has 1 fully saturated rings. The molecule has 0 spiro atoms. The van der Waals surface area contributed by atoms with Gasteiger partial charge in [0.2, 0.25) is 70.9 Å². The van der Waals surface area contributed by atoms with E-state index < -0.39 is 168 Å². The first kappa shape index (κ1) is 82.3. The summed E-state index contributed by atoms with van der Waals surface area (Å²) in [7, 11) is 9.58. The molecule has 0 radical (unpaired) electrons. The summed E-state index contributed by atoms with van der Waals surface area (Å²) in [5, 5.41) is 32.0. The summed E-state index contributed by atoms with van der Waals surface area (Å²) >= 11 is 0. The summed E-state index contributed by atoms with van der Waals surface area (Å²) < 4.78 is 6.01. The van der Waals surface area contributed by atoms with E-state index in [-0.39, 0.29) is 69.3 Å². The Bertz CT molecular complexity index is 2510. The van der Waals surface area contributed by atoms with Crippen LogP contribution in [0.2, 0.25) is 0 Å². The molecule has 1 saturated heterocycles. The molecule has 27 nitrogen and oxygen atoms in total. The third kappa shape index (κ3) is 23.7. The Labute approximate surface area is 541 Å². The van der Waals surface area contributed by atoms with Crippen LogP contribution in [0.1, 0.15) is 156 Å². The first-order chi connectivity index (χ1) is 42.2. The number of nitrogens with one attached hydrogen (secondary N) is 5. The van der Waals surface area contributed by atoms with Crippen LogP contribution in [0.25, 0.3) is 0 Å². The van der Waals surface area contributed by atoms with Gasteiger partial charge in [0.25, 0.3) is 0 Å². The minimum absolute atomic E-state index is 0.0408. The third-order valence-electron chi connectivity index (χ3n) is 16.8. The van der Waals surface area contributed by atoms with Crippen LogP contribution < -0.4 is 26.7 Å². The van der Waals surface area contributed by atoms with Crippen LogP contribution in [0.5, 0.6) is 0 Å². The molecule has 0 unspecified atom stereocenters. The average Bonchev–Trinajstić information content (AvgIpc) is 0.923. The summed E-state index contributed by atoms with van der Waals surface area (Å²) in [6, 6.07) is -13.2. The number of hydrogen-bond donors (Lipinski definition) is 7. The fourth-order valence-electron chi connectivity index (χ4n) is 11.1. The maximum Gasteiger partial charge on any atom is 0.246 e. The normalized spacial score (nSPS) is 26.1. The first-order valence-electron chi connectivity index (χ1n) is 32.1. The van der Waals surface area contributed by atoms with Gasteiger partial charge in [0.15, 0.2) is 0 Å². The summed E-state index contributed by atoms with van der Waals surface area (Å²) in [5.41, 5.74) is 1.54. The van der Waals surface area contributed by atoms with Crippen LogP contribution in [-0.2, 0) is 62.3 Å². The predicted octanol–water partition coefficient (Wildman–Crippen LogP) is 1.91. The number of likely N-dealkylation sites (N-methyl/N-ethyl adjacent to an activating group) is 7. The Balaban J connectivity index is 4.39. The molecular weight excluding hydrogens is 1180 g/mol. The number of ether oxygens (including phenoxy) is 1. The molecule has 27 heteroatoms. The largest absolute Gasteiger partial charge is 0.390 e. The Morgan fingerprint density at radius 2 is 1.03 bits per heavy atom. The summed E-state index contributed by atoms with van der Waals surface area (Å²) in [6.07, 6.45) is 1.37. The van der Waals surface area contributed by atoms with Crippen molar-refractivity contribution in [1.29, 1.82) is 0 Å². The van der Waals surface area contributed by atoms with E-state index in [9.17, 15) is 53.1 Å². The highest BCUT2D eigenvalue weighted by Gasteiger charge is 2.46. The summed E-state index contributed by atoms with van der Waals surface area (Å²) in [5.74, 6) is -11.4. The second-order valence-electron chi connectivity index (χ2n) is 26.6. The van der Waals surface area contributed by atoms with Crippen LogP contribution in [0, 0.1) is 35.5 Å². The Kier molecular flexibility index (Phi) is 34.6. The van der Waals surface area contributed by atoms with Crippen molar-refractivity contribution in [3.63, 3.8) is 0 Å². The van der Waals surface area contributed by atoms with E-state index in [0.29, 0.717) is 0 Å². The van der Waals surface area contributed by atoms with Gasteiger partial charge < -0.3 is 65.4 Å². The van der Waals surface area contributed by atoms with Gasteiger partial charge >= 0.3 is 0 Å². The lowest BCUT2D eigenvalue weighted by molar-refractivity contribution is -0.157. The fourth-order valence-corrected chi connectivity index (χ4v) is 11.1. The highest BCUT2D eigenvalue weighted by molar-refractivity contribution is 5.99. The molecule has 0 aromatic heterocycles. The number of hydrogen-bond acceptors (Lipinski definition) is 15. The number of hydroxylamine groups is 1. The van der Waals surface area contributed by atoms with Crippen molar-refractivity contribution in [2.45, 2.75) is 228 Å². The van der Waals surface area contributed by atoms with Gasteiger partial charge in [0, 0.05) is 62.4 Å². The average molecular weight is 1290 g/mol. The topological polar surface area (TPSA) is 337 Å². The number of carbonyl (C=O) groups excluding carboxylic acids is 12. The lowest BCUT2D eigenvalue weighted by Gasteiger charge is -2.41. The number of aliphatic hydroxyl groups excluding tert-OH is 1. The number of aliphatic hydroxyl groups is 1. The van der Waals surface area contributed by atoms with Gasteiger partial charge in [0.1, 0.15) is 60.4 Å². The SMILES string of the molecule is CC=CC[C@@H](C)[C@@H](O)[C@H]1C(=O)N[C@@H](CC)C(=O)N(C)CC(=O)N(C)[C@@H]([C@@H](C)OCCCC(=O)NO)C(=O)N[C@@H](C(C)C)C(=O)N(C)[C@@H](CC(C)C)C(=O)N[C@@H](C)C(=O)N[C@H](C)C(=O)N(C)[C@@H](CC(C)C)C(=O)N(C)[C@@H](CC(C)C)C(=O)N(C)[C@@H](C(C)C)C(=O)N1C. The summed E-state index contributed by atoms with van der Waals surface area (Å²) in [4.78, 5) is 181. The van der Waals surface area contributed by atoms with E-state index in [1.807, 2.05) is 41.5 Å². The molecule has 13 atom stereocenters. The molecule has 520 valence electrons. The number of nitrogens with zero attached hydrogens (tertiary/aromatic N) is 7. The van der Waals surface area contributed by atoms with Crippen LogP contribution >= 0.6 is 0 Å². The van der Waals surface area contributed by atoms with Gasteiger partial charge in [0.05, 0.1) is 18.8 Å². The molecule has 1 aliphatic heterocycles. The van der Waals surface area contributed by atoms with Crippen molar-refractivity contribution in [1.82, 2.24) is 61.0 Å². The zero-order valence-corrected chi connectivity index (χ0v) is 58.7. The molecule has 1 heterocycles. The number of rotatable bonds is 19. The van der Waals surface area contributed by atoms with Crippen LogP contribution in [0.15, 0.2) is 12.2 Å². The number of amides is 12. The van der Waals surface area contributed by atoms with Crippen molar-refractivity contribution in [3.8, 4) is 0 Å². The third-order valence-corrected chi connectivity index (χ3v) is 16.8. The smallest absolute Gasteiger partial charge is 0.246 e. The second-order valence-corrected chi connectivity index (χ2v) is 26.6. The predicted molar refractivity (Wildman–Crippen MR) is 344 cm³/mol. The van der Waals surface area contributed by atoms with E-state index in [1.165, 1.54) is 95.2 Å². The standard InChI is InChI=1S/C64H114N12O15/c1-24-26-28-40(13)54(79)53-58(83)67-44(25-2)60(85)70(17)34-49(78)74(21)52(43(16)91-30-27-29-48(77)69-90)57(82)68-50(38(9)10)63(88)71(18)45(31-35(3)4)56(81)65-41(14)55(80)66-42(15)59(84)72(19)46(32-36(5)6)61(86)73(20)47(33-37(7)8)62(87)75(22)51(39(11)12)64(89)76(53)23/h24,26,35-47,50-54,79,90H,25,27-34H2,1-23H3,(H,65,81)(H,66,80)(H,67,83)(H,68,82)(H,69,77)/t40-,41+,42-,43-,44+,45+,46+,47+,50+,51+,52+,53+,54-/m1/s1. The van der Waals surface area contributed by atoms with Crippen molar-refractivity contribution in [2.75, 3.05) is 62.5 Å². The molecular formula is C64H114N12O15. The highest BCUT2D eigenvalue weighted by Crippen LogP contribution is 2.26. The monoisotopic (exact) mass is 1290 g/mol. The molecule has 0 aromatic rings. The summed E-state index contributed by atoms with van der Waals surface area (Å²) in [6.45, 7) is 26.4. The van der Waals surface area contributed by atoms with Gasteiger partial charge in [-0.25, -0.2) is 5.48 Å². The zero-order chi connectivity index (χ0) is 70.4. The van der Waals surface area contributed by atoms with Gasteiger partial charge in [-0.05, 0) is 102 Å². The van der Waals surface area contributed by atoms with E-state index in [4.69, 9.17) is 9.94 Å². The molecule has 12 amide bonds. The van der Waals surface area contributed by atoms with E-state index in [2.05, 4.69) is 21.3 Å². The van der Waals surface area contributed by atoms with Crippen LogP contribution in [0.3, 0.4) is 0 Å². The quantitative estimate of drug-likeness (QED) is 0.0421. The van der Waals surface area contributed by atoms with Crippen molar-refractivity contribution >= 4 is 70.9 Å². The Morgan fingerprint density at radius 1 is 0.560 bits per heavy atom. The van der Waals surface area contributed by atoms with E-state index >= 15 is 9.59 Å². The Hall–Kier alpha value is -6.74. The maximum atomic E-state index is 15.2. The van der Waals surface area contributed by atoms with Crippen molar-refractivity contribution < 1.29 is 72.6 Å². The van der Waals surface area contributed by atoms with Crippen LogP contribution in [-0.4, -0.2) is 251 Å². The lowest BCUT2D eigenvalue weighted by atomic mass is 9.91. The zero-order valence-electron chi connectivity index (χ0n) is 58.7. The second kappa shape index (κ2) is 38.3. The van der Waals surface area contributed by atoms with Gasteiger partial charge in [-0.1, -0.05) is 95.2 Å². The van der Waals surface area contributed by atoms with E-state index in [0.717, 1.165) is 14.7 Å². The Morgan fingerprint density at radius 3 is 1.52 bits per heavy atom. The van der Waals surface area contributed by atoms with E-state index in [1.54, 1.807) is 60.6 Å².